The van der Waals surface area contributed by atoms with Crippen molar-refractivity contribution in [2.24, 2.45) is 0 Å². The van der Waals surface area contributed by atoms with Gasteiger partial charge in [0.15, 0.2) is 0 Å². The summed E-state index contributed by atoms with van der Waals surface area (Å²) in [5.41, 5.74) is 1.44. The van der Waals surface area contributed by atoms with Crippen molar-refractivity contribution in [3.05, 3.63) is 58.3 Å². The van der Waals surface area contributed by atoms with Crippen molar-refractivity contribution in [3.63, 3.8) is 0 Å². The lowest BCUT2D eigenvalue weighted by molar-refractivity contribution is -0.667. The average Bonchev–Trinajstić information content (AvgIpc) is 2.69. The van der Waals surface area contributed by atoms with Crippen molar-refractivity contribution in [2.45, 2.75) is 0 Å². The summed E-state index contributed by atoms with van der Waals surface area (Å²) >= 11 is 3.36. The number of pyridine rings is 1. The number of hydrogen-bond donors (Lipinski definition) is 0. The lowest BCUT2D eigenvalue weighted by Gasteiger charge is -2.01. The van der Waals surface area contributed by atoms with Crippen molar-refractivity contribution >= 4 is 21.6 Å². The molecule has 4 nitrogen and oxygen atoms in total. The van der Waals surface area contributed by atoms with Crippen LogP contribution in [0.25, 0.3) is 17.0 Å². The SMILES string of the molecule is [O-][n+]1c(-c2ccc(Br)cc2)nc2ccccn21. The first-order chi connectivity index (χ1) is 8.25. The average molecular weight is 290 g/mol. The van der Waals surface area contributed by atoms with E-state index in [1.54, 1.807) is 18.3 Å². The highest BCUT2D eigenvalue weighted by molar-refractivity contribution is 9.10. The minimum absolute atomic E-state index is 0.406. The molecule has 0 aliphatic heterocycles. The highest BCUT2D eigenvalue weighted by Gasteiger charge is 2.17. The number of hydrogen-bond acceptors (Lipinski definition) is 2. The molecule has 0 saturated carbocycles. The summed E-state index contributed by atoms with van der Waals surface area (Å²) in [4.78, 5) is 5.10. The van der Waals surface area contributed by atoms with Crippen LogP contribution < -0.4 is 4.85 Å². The van der Waals surface area contributed by atoms with Crippen molar-refractivity contribution in [3.8, 4) is 11.4 Å². The van der Waals surface area contributed by atoms with Gasteiger partial charge in [0.25, 0.3) is 5.65 Å². The fourth-order valence-corrected chi connectivity index (χ4v) is 1.96. The van der Waals surface area contributed by atoms with Gasteiger partial charge in [0.2, 0.25) is 0 Å². The van der Waals surface area contributed by atoms with Crippen LogP contribution in [0.15, 0.2) is 53.1 Å². The van der Waals surface area contributed by atoms with Crippen LogP contribution in [0.1, 0.15) is 0 Å². The molecule has 0 N–H and O–H groups in total. The van der Waals surface area contributed by atoms with Gasteiger partial charge in [-0.3, -0.25) is 0 Å². The molecule has 0 aliphatic carbocycles. The Balaban J connectivity index is 2.24. The molecule has 0 aliphatic rings. The lowest BCUT2D eigenvalue weighted by atomic mass is 10.2. The molecule has 0 radical (unpaired) electrons. The molecule has 0 amide bonds. The molecule has 3 aromatic rings. The van der Waals surface area contributed by atoms with Gasteiger partial charge in [0.1, 0.15) is 0 Å². The van der Waals surface area contributed by atoms with E-state index < -0.39 is 0 Å². The zero-order chi connectivity index (χ0) is 11.8. The van der Waals surface area contributed by atoms with Crippen LogP contribution in [-0.4, -0.2) is 9.50 Å². The molecule has 1 aromatic carbocycles. The van der Waals surface area contributed by atoms with Crippen molar-refractivity contribution in [1.82, 2.24) is 9.50 Å². The van der Waals surface area contributed by atoms with Gasteiger partial charge in [-0.2, -0.15) is 0 Å². The van der Waals surface area contributed by atoms with E-state index in [1.807, 2.05) is 30.3 Å². The molecule has 84 valence electrons. The standard InChI is InChI=1S/C12H8BrN3O/c13-10-6-4-9(5-7-10)12-14-11-3-1-2-8-15(11)16(12)17/h1-8H. The van der Waals surface area contributed by atoms with Crippen LogP contribution in [0.3, 0.4) is 0 Å². The van der Waals surface area contributed by atoms with E-state index in [2.05, 4.69) is 20.9 Å². The first kappa shape index (κ1) is 10.3. The molecule has 5 heteroatoms. The third-order valence-electron chi connectivity index (χ3n) is 2.52. The number of benzene rings is 1. The van der Waals surface area contributed by atoms with E-state index in [4.69, 9.17) is 0 Å². The molecule has 17 heavy (non-hydrogen) atoms. The fourth-order valence-electron chi connectivity index (χ4n) is 1.69. The number of rotatable bonds is 1. The second kappa shape index (κ2) is 3.85. The lowest BCUT2D eigenvalue weighted by Crippen LogP contribution is -2.34. The number of halogens is 1. The summed E-state index contributed by atoms with van der Waals surface area (Å²) < 4.78 is 2.44. The number of aromatic nitrogens is 3. The zero-order valence-electron chi connectivity index (χ0n) is 8.75. The van der Waals surface area contributed by atoms with E-state index in [9.17, 15) is 5.21 Å². The number of nitrogens with zero attached hydrogens (tertiary/aromatic N) is 3. The van der Waals surface area contributed by atoms with Gasteiger partial charge in [0.05, 0.1) is 11.8 Å². The molecule has 0 bridgehead atoms. The van der Waals surface area contributed by atoms with E-state index in [0.717, 1.165) is 14.9 Å². The molecule has 3 rings (SSSR count). The topological polar surface area (TPSA) is 44.2 Å². The quantitative estimate of drug-likeness (QED) is 0.510. The van der Waals surface area contributed by atoms with E-state index in [0.29, 0.717) is 11.5 Å². The molecule has 2 heterocycles. The maximum atomic E-state index is 12.0. The van der Waals surface area contributed by atoms with Crippen LogP contribution in [0, 0.1) is 5.21 Å². The Morgan fingerprint density at radius 3 is 2.59 bits per heavy atom. The second-order valence-electron chi connectivity index (χ2n) is 3.62. The molecule has 0 saturated heterocycles. The van der Waals surface area contributed by atoms with E-state index in [-0.39, 0.29) is 0 Å². The predicted octanol–water partition coefficient (Wildman–Crippen LogP) is 2.40. The monoisotopic (exact) mass is 289 g/mol. The Morgan fingerprint density at radius 1 is 1.12 bits per heavy atom. The van der Waals surface area contributed by atoms with Gasteiger partial charge in [-0.25, -0.2) is 0 Å². The van der Waals surface area contributed by atoms with Crippen molar-refractivity contribution in [2.75, 3.05) is 0 Å². The largest absolute Gasteiger partial charge is 0.692 e. The molecular weight excluding hydrogens is 282 g/mol. The van der Waals surface area contributed by atoms with Gasteiger partial charge >= 0.3 is 5.82 Å². The summed E-state index contributed by atoms with van der Waals surface area (Å²) in [6, 6.07) is 13.0. The zero-order valence-corrected chi connectivity index (χ0v) is 10.3. The van der Waals surface area contributed by atoms with Crippen LogP contribution in [0.4, 0.5) is 0 Å². The summed E-state index contributed by atoms with van der Waals surface area (Å²) in [6.07, 6.45) is 1.69. The number of fused-ring (bicyclic) bond motifs is 1. The Morgan fingerprint density at radius 2 is 1.88 bits per heavy atom. The van der Waals surface area contributed by atoms with Gasteiger partial charge in [-0.05, 0) is 35.3 Å². The van der Waals surface area contributed by atoms with E-state index in [1.165, 1.54) is 4.52 Å². The summed E-state index contributed by atoms with van der Waals surface area (Å²) in [7, 11) is 0. The summed E-state index contributed by atoms with van der Waals surface area (Å²) in [5, 5.41) is 12.0. The Kier molecular flexibility index (Phi) is 2.33. The van der Waals surface area contributed by atoms with E-state index >= 15 is 0 Å². The van der Waals surface area contributed by atoms with Gasteiger partial charge in [-0.15, -0.1) is 9.36 Å². The highest BCUT2D eigenvalue weighted by atomic mass is 79.9. The second-order valence-corrected chi connectivity index (χ2v) is 4.53. The van der Waals surface area contributed by atoms with Crippen LogP contribution in [-0.2, 0) is 0 Å². The first-order valence-electron chi connectivity index (χ1n) is 5.08. The minimum atomic E-state index is 0.406. The first-order valence-corrected chi connectivity index (χ1v) is 5.88. The molecule has 2 aromatic heterocycles. The molecule has 0 unspecified atom stereocenters. The predicted molar refractivity (Wildman–Crippen MR) is 67.3 cm³/mol. The smallest absolute Gasteiger partial charge is 0.355 e. The van der Waals surface area contributed by atoms with Crippen LogP contribution in [0.5, 0.6) is 0 Å². The van der Waals surface area contributed by atoms with Gasteiger partial charge in [-0.1, -0.05) is 22.0 Å². The molecule has 0 atom stereocenters. The Hall–Kier alpha value is -1.88. The molecular formula is C12H8BrN3O. The fraction of sp³-hybridized carbons (Fsp3) is 0. The normalized spacial score (nSPS) is 10.9. The maximum Gasteiger partial charge on any atom is 0.355 e. The minimum Gasteiger partial charge on any atom is -0.692 e. The van der Waals surface area contributed by atoms with Gasteiger partial charge in [0, 0.05) is 10.5 Å². The third kappa shape index (κ3) is 1.68. The van der Waals surface area contributed by atoms with Gasteiger partial charge < -0.3 is 5.21 Å². The van der Waals surface area contributed by atoms with Crippen molar-refractivity contribution < 1.29 is 4.85 Å². The molecule has 0 spiro atoms. The van der Waals surface area contributed by atoms with Crippen LogP contribution in [0.2, 0.25) is 0 Å². The third-order valence-corrected chi connectivity index (χ3v) is 3.05. The molecule has 0 fully saturated rings. The Labute approximate surface area is 106 Å². The highest BCUT2D eigenvalue weighted by Crippen LogP contribution is 2.18. The van der Waals surface area contributed by atoms with Crippen LogP contribution >= 0.6 is 15.9 Å². The van der Waals surface area contributed by atoms with Crippen molar-refractivity contribution in [1.29, 1.82) is 0 Å². The maximum absolute atomic E-state index is 12.0. The Bertz CT molecular complexity index is 676. The summed E-state index contributed by atoms with van der Waals surface area (Å²) in [5.74, 6) is 0.406. The summed E-state index contributed by atoms with van der Waals surface area (Å²) in [6.45, 7) is 0.